The lowest BCUT2D eigenvalue weighted by Gasteiger charge is -2.14. The summed E-state index contributed by atoms with van der Waals surface area (Å²) in [7, 11) is 0. The molecule has 0 saturated carbocycles. The Bertz CT molecular complexity index is 676. The van der Waals surface area contributed by atoms with E-state index < -0.39 is 6.10 Å². The number of aliphatic hydroxyl groups is 1. The number of guanidine groups is 1. The fourth-order valence-corrected chi connectivity index (χ4v) is 2.47. The Labute approximate surface area is 176 Å². The van der Waals surface area contributed by atoms with Crippen LogP contribution in [-0.2, 0) is 13.0 Å². The number of aromatic nitrogens is 3. The average Bonchev–Trinajstić information content (AvgIpc) is 3.07. The van der Waals surface area contributed by atoms with Crippen LogP contribution in [0, 0.1) is 0 Å². The summed E-state index contributed by atoms with van der Waals surface area (Å²) < 4.78 is 2.01. The van der Waals surface area contributed by atoms with Gasteiger partial charge in [0.1, 0.15) is 12.2 Å². The van der Waals surface area contributed by atoms with Gasteiger partial charge in [-0.1, -0.05) is 30.7 Å². The molecule has 0 saturated heterocycles. The summed E-state index contributed by atoms with van der Waals surface area (Å²) in [6, 6.07) is 7.14. The highest BCUT2D eigenvalue weighted by molar-refractivity contribution is 14.0. The maximum Gasteiger partial charge on any atom is 0.191 e. The molecule has 1 aromatic heterocycles. The fraction of sp³-hybridized carbons (Fsp3) is 0.471. The van der Waals surface area contributed by atoms with Crippen molar-refractivity contribution in [3.8, 4) is 0 Å². The number of hydrogen-bond donors (Lipinski definition) is 3. The monoisotopic (exact) mass is 492 g/mol. The number of aliphatic hydroxyl groups excluding tert-OH is 1. The van der Waals surface area contributed by atoms with Crippen LogP contribution in [-0.4, -0.2) is 45.5 Å². The first-order chi connectivity index (χ1) is 12.1. The molecule has 0 amide bonds. The van der Waals surface area contributed by atoms with Gasteiger partial charge in [0.2, 0.25) is 0 Å². The predicted octanol–water partition coefficient (Wildman–Crippen LogP) is 2.40. The summed E-state index contributed by atoms with van der Waals surface area (Å²) in [5.41, 5.74) is 0.793. The standard InChI is InChI=1S/C17H25ClN6O.HI/c1-3-16-23-22-12-24(16)10-9-20-17(19-4-2)21-11-15(25)13-5-7-14(18)8-6-13;/h5-8,12,15,25H,3-4,9-11H2,1-2H3,(H2,19,20,21);1H. The first-order valence-corrected chi connectivity index (χ1v) is 8.84. The van der Waals surface area contributed by atoms with Crippen molar-refractivity contribution in [2.24, 2.45) is 4.99 Å². The lowest BCUT2D eigenvalue weighted by molar-refractivity contribution is 0.187. The first-order valence-electron chi connectivity index (χ1n) is 8.46. The Balaban J connectivity index is 0.00000338. The third-order valence-electron chi connectivity index (χ3n) is 3.68. The quantitative estimate of drug-likeness (QED) is 0.299. The topological polar surface area (TPSA) is 87.4 Å². The van der Waals surface area contributed by atoms with Gasteiger partial charge in [-0.3, -0.25) is 4.99 Å². The molecular formula is C17H26ClIN6O. The second-order valence-electron chi connectivity index (χ2n) is 5.51. The predicted molar refractivity (Wildman–Crippen MR) is 115 cm³/mol. The van der Waals surface area contributed by atoms with Gasteiger partial charge in [0.15, 0.2) is 5.96 Å². The molecule has 1 atom stereocenters. The minimum atomic E-state index is -0.669. The van der Waals surface area contributed by atoms with Gasteiger partial charge in [0, 0.05) is 31.1 Å². The number of nitrogens with one attached hydrogen (secondary N) is 2. The first kappa shape index (κ1) is 22.7. The van der Waals surface area contributed by atoms with E-state index in [9.17, 15) is 5.11 Å². The van der Waals surface area contributed by atoms with E-state index in [0.29, 0.717) is 17.5 Å². The van der Waals surface area contributed by atoms with Crippen LogP contribution in [0.3, 0.4) is 0 Å². The molecule has 0 bridgehead atoms. The number of hydrogen-bond acceptors (Lipinski definition) is 4. The normalized spacial score (nSPS) is 12.4. The molecule has 1 aromatic carbocycles. The summed E-state index contributed by atoms with van der Waals surface area (Å²) in [5, 5.41) is 25.3. The zero-order valence-electron chi connectivity index (χ0n) is 15.0. The van der Waals surface area contributed by atoms with Crippen molar-refractivity contribution in [2.45, 2.75) is 32.9 Å². The van der Waals surface area contributed by atoms with Crippen molar-refractivity contribution in [3.05, 3.63) is 47.0 Å². The molecule has 0 aliphatic rings. The molecule has 0 fully saturated rings. The van der Waals surface area contributed by atoms with E-state index >= 15 is 0 Å². The van der Waals surface area contributed by atoms with Crippen LogP contribution in [0.25, 0.3) is 0 Å². The van der Waals surface area contributed by atoms with E-state index in [-0.39, 0.29) is 30.5 Å². The molecule has 0 aliphatic heterocycles. The van der Waals surface area contributed by atoms with Gasteiger partial charge in [-0.2, -0.15) is 0 Å². The number of aryl methyl sites for hydroxylation is 1. The van der Waals surface area contributed by atoms with Crippen molar-refractivity contribution >= 4 is 41.5 Å². The van der Waals surface area contributed by atoms with Gasteiger partial charge < -0.3 is 20.3 Å². The Morgan fingerprint density at radius 1 is 1.27 bits per heavy atom. The largest absolute Gasteiger partial charge is 0.386 e. The van der Waals surface area contributed by atoms with E-state index in [1.165, 1.54) is 0 Å². The van der Waals surface area contributed by atoms with E-state index in [4.69, 9.17) is 11.6 Å². The number of benzene rings is 1. The average molecular weight is 493 g/mol. The summed E-state index contributed by atoms with van der Waals surface area (Å²) >= 11 is 5.87. The highest BCUT2D eigenvalue weighted by atomic mass is 127. The molecule has 9 heteroatoms. The molecule has 0 radical (unpaired) electrons. The van der Waals surface area contributed by atoms with Crippen molar-refractivity contribution < 1.29 is 5.11 Å². The van der Waals surface area contributed by atoms with Gasteiger partial charge in [-0.25, -0.2) is 0 Å². The third-order valence-corrected chi connectivity index (χ3v) is 3.93. The minimum Gasteiger partial charge on any atom is -0.386 e. The Morgan fingerprint density at radius 2 is 2.00 bits per heavy atom. The molecule has 2 rings (SSSR count). The molecule has 3 N–H and O–H groups in total. The van der Waals surface area contributed by atoms with Gasteiger partial charge >= 0.3 is 0 Å². The smallest absolute Gasteiger partial charge is 0.191 e. The molecule has 2 aromatic rings. The van der Waals surface area contributed by atoms with Crippen LogP contribution in [0.1, 0.15) is 31.3 Å². The van der Waals surface area contributed by atoms with Crippen molar-refractivity contribution in [1.29, 1.82) is 0 Å². The van der Waals surface area contributed by atoms with E-state index in [1.807, 2.05) is 11.5 Å². The SMILES string of the molecule is CCNC(=NCC(O)c1ccc(Cl)cc1)NCCn1cnnc1CC.I. The fourth-order valence-electron chi connectivity index (χ4n) is 2.34. The molecule has 144 valence electrons. The maximum atomic E-state index is 10.2. The molecule has 1 unspecified atom stereocenters. The van der Waals surface area contributed by atoms with Crippen LogP contribution >= 0.6 is 35.6 Å². The summed E-state index contributed by atoms with van der Waals surface area (Å²) in [4.78, 5) is 4.44. The number of halogens is 2. The molecule has 1 heterocycles. The molecule has 0 spiro atoms. The Kier molecular flexibility index (Phi) is 10.5. The van der Waals surface area contributed by atoms with Crippen molar-refractivity contribution in [2.75, 3.05) is 19.6 Å². The molecule has 7 nitrogen and oxygen atoms in total. The number of rotatable bonds is 8. The van der Waals surface area contributed by atoms with Gasteiger partial charge in [0.05, 0.1) is 12.6 Å². The summed E-state index contributed by atoms with van der Waals surface area (Å²) in [6.07, 6.45) is 1.91. The molecular weight excluding hydrogens is 467 g/mol. The van der Waals surface area contributed by atoms with Gasteiger partial charge in [0.25, 0.3) is 0 Å². The van der Waals surface area contributed by atoms with Crippen LogP contribution in [0.5, 0.6) is 0 Å². The van der Waals surface area contributed by atoms with Crippen LogP contribution in [0.15, 0.2) is 35.6 Å². The van der Waals surface area contributed by atoms with Crippen LogP contribution < -0.4 is 10.6 Å². The Morgan fingerprint density at radius 3 is 2.65 bits per heavy atom. The van der Waals surface area contributed by atoms with Gasteiger partial charge in [-0.15, -0.1) is 34.2 Å². The molecule has 0 aliphatic carbocycles. The van der Waals surface area contributed by atoms with E-state index in [0.717, 1.165) is 30.9 Å². The second kappa shape index (κ2) is 12.1. The van der Waals surface area contributed by atoms with Crippen LogP contribution in [0.2, 0.25) is 5.02 Å². The van der Waals surface area contributed by atoms with E-state index in [1.54, 1.807) is 30.6 Å². The van der Waals surface area contributed by atoms with Crippen molar-refractivity contribution in [3.63, 3.8) is 0 Å². The minimum absolute atomic E-state index is 0. The highest BCUT2D eigenvalue weighted by Crippen LogP contribution is 2.16. The lowest BCUT2D eigenvalue weighted by Crippen LogP contribution is -2.39. The van der Waals surface area contributed by atoms with Crippen LogP contribution in [0.4, 0.5) is 0 Å². The van der Waals surface area contributed by atoms with Gasteiger partial charge in [-0.05, 0) is 24.6 Å². The highest BCUT2D eigenvalue weighted by Gasteiger charge is 2.08. The number of aliphatic imine (C=N–C) groups is 1. The third kappa shape index (κ3) is 7.08. The lowest BCUT2D eigenvalue weighted by atomic mass is 10.1. The Hall–Kier alpha value is -1.39. The maximum absolute atomic E-state index is 10.2. The molecule has 26 heavy (non-hydrogen) atoms. The summed E-state index contributed by atoms with van der Waals surface area (Å²) in [6.45, 7) is 6.51. The summed E-state index contributed by atoms with van der Waals surface area (Å²) in [5.74, 6) is 1.63. The zero-order valence-corrected chi connectivity index (χ0v) is 18.1. The van der Waals surface area contributed by atoms with Crippen molar-refractivity contribution in [1.82, 2.24) is 25.4 Å². The number of nitrogens with zero attached hydrogens (tertiary/aromatic N) is 4. The second-order valence-corrected chi connectivity index (χ2v) is 5.94. The zero-order chi connectivity index (χ0) is 18.1. The van der Waals surface area contributed by atoms with E-state index in [2.05, 4.69) is 32.7 Å².